The molecule has 0 saturated heterocycles. The highest BCUT2D eigenvalue weighted by Gasteiger charge is 2.27. The molecule has 2 atom stereocenters. The van der Waals surface area contributed by atoms with Gasteiger partial charge < -0.3 is 15.0 Å². The summed E-state index contributed by atoms with van der Waals surface area (Å²) in [4.78, 5) is 27.7. The van der Waals surface area contributed by atoms with Crippen molar-refractivity contribution in [2.75, 3.05) is 24.2 Å². The van der Waals surface area contributed by atoms with Crippen LogP contribution in [-0.4, -0.2) is 57.1 Å². The van der Waals surface area contributed by atoms with E-state index in [2.05, 4.69) is 5.32 Å². The molecule has 0 aliphatic carbocycles. The molecule has 9 heteroatoms. The van der Waals surface area contributed by atoms with Crippen molar-refractivity contribution >= 4 is 27.5 Å². The Morgan fingerprint density at radius 1 is 1.03 bits per heavy atom. The van der Waals surface area contributed by atoms with Gasteiger partial charge in [-0.05, 0) is 44.4 Å². The summed E-state index contributed by atoms with van der Waals surface area (Å²) in [5.74, 6) is 0.00911. The maximum absolute atomic E-state index is 13.3. The zero-order chi connectivity index (χ0) is 26.0. The Morgan fingerprint density at radius 2 is 1.66 bits per heavy atom. The van der Waals surface area contributed by atoms with Crippen LogP contribution >= 0.6 is 0 Å². The summed E-state index contributed by atoms with van der Waals surface area (Å²) in [5.41, 5.74) is 1.34. The molecule has 0 fully saturated rings. The number of hydrogen-bond donors (Lipinski definition) is 1. The number of carbonyl (C=O) groups excluding carboxylic acids is 2. The van der Waals surface area contributed by atoms with Crippen LogP contribution in [-0.2, 0) is 26.2 Å². The predicted octanol–water partition coefficient (Wildman–Crippen LogP) is 3.57. The highest BCUT2D eigenvalue weighted by molar-refractivity contribution is 7.92. The molecule has 0 spiro atoms. The SMILES string of the molecule is CC[C@@H](C)NC(=O)[C@H](C)N(Cc1ccccc1)C(=O)CCCN(c1ccccc1OC)S(C)(=O)=O. The van der Waals surface area contributed by atoms with Crippen molar-refractivity contribution in [1.29, 1.82) is 0 Å². The molecule has 0 saturated carbocycles. The van der Waals surface area contributed by atoms with E-state index in [0.29, 0.717) is 11.4 Å². The quantitative estimate of drug-likeness (QED) is 0.451. The molecule has 2 rings (SSSR count). The number of benzene rings is 2. The lowest BCUT2D eigenvalue weighted by Gasteiger charge is -2.30. The molecule has 0 unspecified atom stereocenters. The molecule has 0 heterocycles. The van der Waals surface area contributed by atoms with Crippen LogP contribution in [0.2, 0.25) is 0 Å². The van der Waals surface area contributed by atoms with Crippen molar-refractivity contribution in [1.82, 2.24) is 10.2 Å². The van der Waals surface area contributed by atoms with Gasteiger partial charge in [0.1, 0.15) is 11.8 Å². The minimum absolute atomic E-state index is 0.00259. The number of anilines is 1. The third kappa shape index (κ3) is 8.28. The van der Waals surface area contributed by atoms with Gasteiger partial charge in [-0.1, -0.05) is 49.4 Å². The van der Waals surface area contributed by atoms with E-state index in [1.54, 1.807) is 36.1 Å². The summed E-state index contributed by atoms with van der Waals surface area (Å²) in [6, 6.07) is 15.7. The fourth-order valence-electron chi connectivity index (χ4n) is 3.65. The molecule has 0 aromatic heterocycles. The van der Waals surface area contributed by atoms with Crippen LogP contribution in [0.1, 0.15) is 45.6 Å². The van der Waals surface area contributed by atoms with Crippen LogP contribution in [0, 0.1) is 0 Å². The van der Waals surface area contributed by atoms with Gasteiger partial charge in [0.15, 0.2) is 0 Å². The maximum atomic E-state index is 13.3. The number of hydrogen-bond acceptors (Lipinski definition) is 5. The minimum atomic E-state index is -3.60. The van der Waals surface area contributed by atoms with Gasteiger partial charge >= 0.3 is 0 Å². The standard InChI is InChI=1S/C26H37N3O5S/c1-6-20(2)27-26(31)21(3)28(19-22-13-8-7-9-14-22)25(30)17-12-18-29(35(5,32)33)23-15-10-11-16-24(23)34-4/h7-11,13-16,20-21H,6,12,17-19H2,1-5H3,(H,27,31)/t20-,21+/m1/s1. The second-order valence-electron chi connectivity index (χ2n) is 8.61. The van der Waals surface area contributed by atoms with E-state index in [9.17, 15) is 18.0 Å². The van der Waals surface area contributed by atoms with E-state index in [1.165, 1.54) is 11.4 Å². The first-order valence-electron chi connectivity index (χ1n) is 11.8. The van der Waals surface area contributed by atoms with E-state index in [1.807, 2.05) is 44.2 Å². The second-order valence-corrected chi connectivity index (χ2v) is 10.5. The molecule has 0 radical (unpaired) electrons. The van der Waals surface area contributed by atoms with Crippen LogP contribution < -0.4 is 14.4 Å². The third-order valence-corrected chi connectivity index (χ3v) is 7.05. The second kappa shape index (κ2) is 13.1. The van der Waals surface area contributed by atoms with Crippen LogP contribution in [0.25, 0.3) is 0 Å². The van der Waals surface area contributed by atoms with Crippen molar-refractivity contribution < 1.29 is 22.7 Å². The number of rotatable bonds is 13. The molecule has 2 aromatic carbocycles. The summed E-state index contributed by atoms with van der Waals surface area (Å²) >= 11 is 0. The summed E-state index contributed by atoms with van der Waals surface area (Å²) in [6.45, 7) is 6.02. The number of carbonyl (C=O) groups is 2. The average molecular weight is 504 g/mol. The Hall–Kier alpha value is -3.07. The molecule has 192 valence electrons. The highest BCUT2D eigenvalue weighted by Crippen LogP contribution is 2.29. The number of amides is 2. The van der Waals surface area contributed by atoms with Gasteiger partial charge in [0, 0.05) is 25.6 Å². The smallest absolute Gasteiger partial charge is 0.242 e. The minimum Gasteiger partial charge on any atom is -0.495 e. The Labute approximate surface area is 209 Å². The first-order chi connectivity index (χ1) is 16.6. The lowest BCUT2D eigenvalue weighted by Crippen LogP contribution is -2.49. The Bertz CT molecular complexity index is 1080. The molecular formula is C26H37N3O5S. The van der Waals surface area contributed by atoms with Gasteiger partial charge in [-0.25, -0.2) is 8.42 Å². The number of ether oxygens (including phenoxy) is 1. The molecule has 2 amide bonds. The maximum Gasteiger partial charge on any atom is 0.242 e. The summed E-state index contributed by atoms with van der Waals surface area (Å²) < 4.78 is 31.6. The molecule has 35 heavy (non-hydrogen) atoms. The molecule has 0 bridgehead atoms. The topological polar surface area (TPSA) is 96.0 Å². The molecule has 1 N–H and O–H groups in total. The highest BCUT2D eigenvalue weighted by atomic mass is 32.2. The van der Waals surface area contributed by atoms with Crippen LogP contribution in [0.3, 0.4) is 0 Å². The van der Waals surface area contributed by atoms with Crippen molar-refractivity contribution in [2.24, 2.45) is 0 Å². The van der Waals surface area contributed by atoms with Gasteiger partial charge in [-0.2, -0.15) is 0 Å². The Kier molecular flexibility index (Phi) is 10.6. The van der Waals surface area contributed by atoms with Crippen molar-refractivity contribution in [3.8, 4) is 5.75 Å². The van der Waals surface area contributed by atoms with Gasteiger partial charge in [0.05, 0.1) is 19.1 Å². The number of para-hydroxylation sites is 2. The third-order valence-electron chi connectivity index (χ3n) is 5.87. The zero-order valence-corrected chi connectivity index (χ0v) is 22.0. The van der Waals surface area contributed by atoms with Gasteiger partial charge in [-0.15, -0.1) is 0 Å². The lowest BCUT2D eigenvalue weighted by molar-refractivity contribution is -0.140. The summed E-state index contributed by atoms with van der Waals surface area (Å²) in [6.07, 6.45) is 2.30. The summed E-state index contributed by atoms with van der Waals surface area (Å²) in [7, 11) is -2.12. The van der Waals surface area contributed by atoms with Crippen LogP contribution in [0.5, 0.6) is 5.75 Å². The van der Waals surface area contributed by atoms with Crippen LogP contribution in [0.4, 0.5) is 5.69 Å². The van der Waals surface area contributed by atoms with E-state index in [-0.39, 0.29) is 43.8 Å². The van der Waals surface area contributed by atoms with Gasteiger partial charge in [0.25, 0.3) is 0 Å². The molecule has 8 nitrogen and oxygen atoms in total. The van der Waals surface area contributed by atoms with Gasteiger partial charge in [0.2, 0.25) is 21.8 Å². The largest absolute Gasteiger partial charge is 0.495 e. The van der Waals surface area contributed by atoms with Crippen molar-refractivity contribution in [2.45, 2.75) is 58.7 Å². The monoisotopic (exact) mass is 503 g/mol. The van der Waals surface area contributed by atoms with E-state index >= 15 is 0 Å². The van der Waals surface area contributed by atoms with E-state index in [4.69, 9.17) is 4.74 Å². The molecular weight excluding hydrogens is 466 g/mol. The average Bonchev–Trinajstić information content (AvgIpc) is 2.84. The predicted molar refractivity (Wildman–Crippen MR) is 139 cm³/mol. The van der Waals surface area contributed by atoms with Crippen LogP contribution in [0.15, 0.2) is 54.6 Å². The number of sulfonamides is 1. The van der Waals surface area contributed by atoms with Crippen molar-refractivity contribution in [3.05, 3.63) is 60.2 Å². The first-order valence-corrected chi connectivity index (χ1v) is 13.7. The number of nitrogens with one attached hydrogen (secondary N) is 1. The normalized spacial score (nSPS) is 12.9. The number of methoxy groups -OCH3 is 1. The molecule has 0 aliphatic heterocycles. The van der Waals surface area contributed by atoms with E-state index in [0.717, 1.165) is 18.2 Å². The zero-order valence-electron chi connectivity index (χ0n) is 21.2. The van der Waals surface area contributed by atoms with Crippen molar-refractivity contribution in [3.63, 3.8) is 0 Å². The summed E-state index contributed by atoms with van der Waals surface area (Å²) in [5, 5.41) is 2.94. The fourth-order valence-corrected chi connectivity index (χ4v) is 4.62. The molecule has 2 aromatic rings. The lowest BCUT2D eigenvalue weighted by atomic mass is 10.1. The number of nitrogens with zero attached hydrogens (tertiary/aromatic N) is 2. The fraction of sp³-hybridized carbons (Fsp3) is 0.462. The first kappa shape index (κ1) is 28.2. The van der Waals surface area contributed by atoms with E-state index < -0.39 is 16.1 Å². The Morgan fingerprint density at radius 3 is 2.26 bits per heavy atom. The Balaban J connectivity index is 2.17. The molecule has 0 aliphatic rings. The van der Waals surface area contributed by atoms with Gasteiger partial charge in [-0.3, -0.25) is 13.9 Å².